The van der Waals surface area contributed by atoms with Crippen molar-refractivity contribution in [2.24, 2.45) is 0 Å². The summed E-state index contributed by atoms with van der Waals surface area (Å²) < 4.78 is 110. The van der Waals surface area contributed by atoms with Gasteiger partial charge < -0.3 is 0 Å². The molecule has 0 unspecified atom stereocenters. The van der Waals surface area contributed by atoms with Crippen LogP contribution in [0.5, 0.6) is 0 Å². The van der Waals surface area contributed by atoms with E-state index in [2.05, 4.69) is 0 Å². The highest BCUT2D eigenvalue weighted by molar-refractivity contribution is 4.69. The molecule has 0 saturated carbocycles. The van der Waals surface area contributed by atoms with Gasteiger partial charge in [-0.3, -0.25) is 0 Å². The third-order valence-electron chi connectivity index (χ3n) is 1.03. The summed E-state index contributed by atoms with van der Waals surface area (Å²) in [6.45, 7) is -2.69. The van der Waals surface area contributed by atoms with E-state index in [9.17, 15) is 44.6 Å². The largest absolute Gasteiger partial charge is 0.527 e. The minimum Gasteiger partial charge on any atom is -0.246 e. The molecule has 0 amide bonds. The second kappa shape index (κ2) is 4.49. The molecule has 0 aliphatic rings. The topological polar surface area (TPSA) is 38.4 Å². The van der Waals surface area contributed by atoms with Gasteiger partial charge in [0.25, 0.3) is 0 Å². The molecule has 103 valence electrons. The van der Waals surface area contributed by atoms with E-state index in [1.807, 2.05) is 4.74 Å². The van der Waals surface area contributed by atoms with Crippen LogP contribution in [0, 0.1) is 0 Å². The van der Waals surface area contributed by atoms with Crippen molar-refractivity contribution in [2.45, 2.75) is 24.7 Å². The molecule has 0 fully saturated rings. The van der Waals surface area contributed by atoms with Gasteiger partial charge in [-0.2, -0.15) is 26.3 Å². The zero-order valence-electron chi connectivity index (χ0n) is 7.33. The highest BCUT2D eigenvalue weighted by Gasteiger charge is 2.67. The lowest BCUT2D eigenvalue weighted by molar-refractivity contribution is -0.530. The monoisotopic (exact) mass is 281 g/mol. The molecule has 0 N–H and O–H groups in total. The van der Waals surface area contributed by atoms with Crippen LogP contribution in [0.25, 0.3) is 0 Å². The van der Waals surface area contributed by atoms with Crippen molar-refractivity contribution in [2.75, 3.05) is 6.61 Å². The first kappa shape index (κ1) is 16.2. The molecule has 0 aliphatic heterocycles. The fraction of sp³-hybridized carbons (Fsp3) is 1.00. The smallest absolute Gasteiger partial charge is 0.246 e. The average Bonchev–Trinajstić information content (AvgIpc) is 1.97. The van der Waals surface area contributed by atoms with E-state index in [-0.39, 0.29) is 0 Å². The summed E-state index contributed by atoms with van der Waals surface area (Å²) >= 11 is 0. The SMILES string of the molecule is [O]CC(F)(F)OC(F)(F)C(F)(F)OC(F)(F)F. The summed E-state index contributed by atoms with van der Waals surface area (Å²) in [4.78, 5) is 0. The third kappa shape index (κ3) is 4.95. The Morgan fingerprint density at radius 1 is 0.706 bits per heavy atom. The van der Waals surface area contributed by atoms with Crippen LogP contribution in [0.3, 0.4) is 0 Å². The maximum absolute atomic E-state index is 12.2. The van der Waals surface area contributed by atoms with Crippen molar-refractivity contribution < 1.29 is 54.1 Å². The van der Waals surface area contributed by atoms with Gasteiger partial charge in [-0.25, -0.2) is 14.6 Å². The minimum absolute atomic E-state index is 1.64. The molecule has 0 heterocycles. The molecule has 0 saturated heterocycles. The quantitative estimate of drug-likeness (QED) is 0.727. The number of ether oxygens (including phenoxy) is 2. The Morgan fingerprint density at radius 2 is 1.06 bits per heavy atom. The maximum atomic E-state index is 12.2. The summed E-state index contributed by atoms with van der Waals surface area (Å²) in [6, 6.07) is 0. The molecule has 0 spiro atoms. The van der Waals surface area contributed by atoms with Crippen molar-refractivity contribution >= 4 is 0 Å². The maximum Gasteiger partial charge on any atom is 0.527 e. The first-order valence-corrected chi connectivity index (χ1v) is 3.41. The predicted octanol–water partition coefficient (Wildman–Crippen LogP) is 2.75. The second-order valence-corrected chi connectivity index (χ2v) is 2.47. The van der Waals surface area contributed by atoms with Gasteiger partial charge in [-0.05, 0) is 0 Å². The standard InChI is InChI=1S/C5H2F9O3/c6-2(7,1-15)16-3(8,9)4(10,11)17-5(12,13)14/h1H2. The molecule has 12 heteroatoms. The van der Waals surface area contributed by atoms with E-state index in [1.54, 1.807) is 4.74 Å². The van der Waals surface area contributed by atoms with Crippen LogP contribution >= 0.6 is 0 Å². The lowest BCUT2D eigenvalue weighted by Gasteiger charge is -2.28. The van der Waals surface area contributed by atoms with Gasteiger partial charge in [0.1, 0.15) is 0 Å². The molecule has 0 aromatic carbocycles. The fourth-order valence-electron chi connectivity index (χ4n) is 0.481. The highest BCUT2D eigenvalue weighted by atomic mass is 19.4. The first-order chi connectivity index (χ1) is 7.22. The summed E-state index contributed by atoms with van der Waals surface area (Å²) in [7, 11) is 0. The molecule has 17 heavy (non-hydrogen) atoms. The van der Waals surface area contributed by atoms with Gasteiger partial charge in [0.15, 0.2) is 6.61 Å². The van der Waals surface area contributed by atoms with Gasteiger partial charge in [0.2, 0.25) is 0 Å². The van der Waals surface area contributed by atoms with Crippen molar-refractivity contribution in [3.05, 3.63) is 0 Å². The van der Waals surface area contributed by atoms with Crippen LogP contribution in [0.1, 0.15) is 0 Å². The van der Waals surface area contributed by atoms with Crippen molar-refractivity contribution in [3.8, 4) is 0 Å². The lowest BCUT2D eigenvalue weighted by atomic mass is 10.5. The molecule has 0 aliphatic carbocycles. The van der Waals surface area contributed by atoms with Crippen molar-refractivity contribution in [1.29, 1.82) is 0 Å². The Morgan fingerprint density at radius 3 is 1.35 bits per heavy atom. The van der Waals surface area contributed by atoms with Crippen LogP contribution in [0.2, 0.25) is 0 Å². The van der Waals surface area contributed by atoms with Gasteiger partial charge in [0.05, 0.1) is 0 Å². The van der Waals surface area contributed by atoms with Gasteiger partial charge in [0, 0.05) is 0 Å². The van der Waals surface area contributed by atoms with Crippen molar-refractivity contribution in [3.63, 3.8) is 0 Å². The van der Waals surface area contributed by atoms with Gasteiger partial charge in [-0.1, -0.05) is 0 Å². The van der Waals surface area contributed by atoms with E-state index in [0.717, 1.165) is 0 Å². The summed E-state index contributed by atoms with van der Waals surface area (Å²) in [6.07, 6.45) is -24.2. The van der Waals surface area contributed by atoms with E-state index >= 15 is 0 Å². The van der Waals surface area contributed by atoms with Crippen LogP contribution in [0.4, 0.5) is 39.5 Å². The number of rotatable bonds is 5. The Hall–Kier alpha value is -0.750. The van der Waals surface area contributed by atoms with Gasteiger partial charge >= 0.3 is 24.7 Å². The molecule has 0 bridgehead atoms. The van der Waals surface area contributed by atoms with Crippen LogP contribution in [-0.2, 0) is 14.6 Å². The van der Waals surface area contributed by atoms with Gasteiger partial charge in [-0.15, -0.1) is 13.2 Å². The zero-order valence-corrected chi connectivity index (χ0v) is 7.33. The molecule has 0 rings (SSSR count). The fourth-order valence-corrected chi connectivity index (χ4v) is 0.481. The van der Waals surface area contributed by atoms with Crippen molar-refractivity contribution in [1.82, 2.24) is 0 Å². The molecule has 0 aromatic rings. The first-order valence-electron chi connectivity index (χ1n) is 3.41. The predicted molar refractivity (Wildman–Crippen MR) is 28.6 cm³/mol. The Bertz CT molecular complexity index is 260. The number of hydrogen-bond acceptors (Lipinski definition) is 2. The normalized spacial score (nSPS) is 15.2. The number of hydrogen-bond donors (Lipinski definition) is 0. The summed E-state index contributed by atoms with van der Waals surface area (Å²) in [5.41, 5.74) is 0. The van der Waals surface area contributed by atoms with E-state index in [4.69, 9.17) is 0 Å². The molecule has 1 radical (unpaired) electrons. The van der Waals surface area contributed by atoms with Crippen LogP contribution in [0.15, 0.2) is 0 Å². The second-order valence-electron chi connectivity index (χ2n) is 2.47. The summed E-state index contributed by atoms with van der Waals surface area (Å²) in [5.74, 6) is 0. The van der Waals surface area contributed by atoms with E-state index in [1.165, 1.54) is 0 Å². The zero-order chi connectivity index (χ0) is 14.1. The van der Waals surface area contributed by atoms with Crippen LogP contribution in [-0.4, -0.2) is 31.3 Å². The Balaban J connectivity index is 4.91. The van der Waals surface area contributed by atoms with E-state index in [0.29, 0.717) is 0 Å². The third-order valence-corrected chi connectivity index (χ3v) is 1.03. The number of halogens is 9. The average molecular weight is 281 g/mol. The molecule has 0 atom stereocenters. The Labute approximate surface area is 86.7 Å². The molecular formula is C5H2F9O3. The Kier molecular flexibility index (Phi) is 4.30. The highest BCUT2D eigenvalue weighted by Crippen LogP contribution is 2.43. The van der Waals surface area contributed by atoms with Crippen LogP contribution < -0.4 is 0 Å². The molecule has 3 nitrogen and oxygen atoms in total. The van der Waals surface area contributed by atoms with E-state index < -0.39 is 31.3 Å². The summed E-state index contributed by atoms with van der Waals surface area (Å²) in [5, 5.41) is 9.53. The molecular weight excluding hydrogens is 279 g/mol. The minimum atomic E-state index is -6.41. The molecule has 0 aromatic heterocycles. The number of alkyl halides is 9. The lowest BCUT2D eigenvalue weighted by Crippen LogP contribution is -2.51.